The number of ketones is 1. The first-order valence-electron chi connectivity index (χ1n) is 8.92. The van der Waals surface area contributed by atoms with Gasteiger partial charge in [-0.3, -0.25) is 19.9 Å². The Morgan fingerprint density at radius 2 is 1.90 bits per heavy atom. The fourth-order valence-electron chi connectivity index (χ4n) is 3.14. The van der Waals surface area contributed by atoms with E-state index in [1.807, 2.05) is 0 Å². The number of nitrogens with zero attached hydrogens (tertiary/aromatic N) is 1. The zero-order valence-corrected chi connectivity index (χ0v) is 16.4. The van der Waals surface area contributed by atoms with Crippen LogP contribution in [0.3, 0.4) is 0 Å². The number of nitrogens with one attached hydrogen (secondary N) is 1. The Morgan fingerprint density at radius 1 is 1.17 bits per heavy atom. The second-order valence-electron chi connectivity index (χ2n) is 6.44. The number of ether oxygens (including phenoxy) is 1. The monoisotopic (exact) mass is 398 g/mol. The largest absolute Gasteiger partial charge is 0.462 e. The number of carbonyl (C=O) groups excluding carboxylic acids is 3. The third-order valence-corrected chi connectivity index (χ3v) is 4.29. The zero-order valence-electron chi connectivity index (χ0n) is 16.4. The van der Waals surface area contributed by atoms with Crippen LogP contribution in [0, 0.1) is 19.7 Å². The van der Waals surface area contributed by atoms with E-state index in [4.69, 9.17) is 9.15 Å². The third kappa shape index (κ3) is 3.87. The SMILES string of the molecule is CCOC(=O)c1c(NC(=O)c2cc(C)nc3ccc(F)cc23)oc(C)c1C(C)=O. The van der Waals surface area contributed by atoms with Gasteiger partial charge in [0.05, 0.1) is 23.3 Å². The number of furan rings is 1. The first-order valence-corrected chi connectivity index (χ1v) is 8.92. The Morgan fingerprint density at radius 3 is 2.55 bits per heavy atom. The number of hydrogen-bond donors (Lipinski definition) is 1. The van der Waals surface area contributed by atoms with Crippen LogP contribution in [0.2, 0.25) is 0 Å². The Balaban J connectivity index is 2.10. The summed E-state index contributed by atoms with van der Waals surface area (Å²) in [5.74, 6) is -2.36. The summed E-state index contributed by atoms with van der Waals surface area (Å²) in [6.07, 6.45) is 0. The van der Waals surface area contributed by atoms with Crippen LogP contribution in [-0.4, -0.2) is 29.3 Å². The van der Waals surface area contributed by atoms with Crippen molar-refractivity contribution < 1.29 is 27.9 Å². The van der Waals surface area contributed by atoms with Crippen LogP contribution < -0.4 is 5.32 Å². The molecule has 1 amide bonds. The van der Waals surface area contributed by atoms with Gasteiger partial charge in [0.25, 0.3) is 5.91 Å². The number of amides is 1. The van der Waals surface area contributed by atoms with Crippen molar-refractivity contribution in [2.45, 2.75) is 27.7 Å². The van der Waals surface area contributed by atoms with Crippen LogP contribution in [0.15, 0.2) is 28.7 Å². The van der Waals surface area contributed by atoms with Gasteiger partial charge in [-0.05, 0) is 52.0 Å². The summed E-state index contributed by atoms with van der Waals surface area (Å²) in [6, 6.07) is 5.44. The highest BCUT2D eigenvalue weighted by atomic mass is 19.1. The fraction of sp³-hybridized carbons (Fsp3) is 0.238. The second-order valence-corrected chi connectivity index (χ2v) is 6.44. The van der Waals surface area contributed by atoms with Crippen LogP contribution in [0.4, 0.5) is 10.3 Å². The normalized spacial score (nSPS) is 10.8. The van der Waals surface area contributed by atoms with Gasteiger partial charge in [-0.2, -0.15) is 0 Å². The van der Waals surface area contributed by atoms with Crippen LogP contribution in [0.1, 0.15) is 56.4 Å². The third-order valence-electron chi connectivity index (χ3n) is 4.29. The molecule has 0 aliphatic rings. The number of aromatic nitrogens is 1. The number of anilines is 1. The van der Waals surface area contributed by atoms with E-state index in [-0.39, 0.29) is 34.9 Å². The Bertz CT molecular complexity index is 1150. The number of halogens is 1. The van der Waals surface area contributed by atoms with E-state index in [0.717, 1.165) is 0 Å². The predicted molar refractivity (Wildman–Crippen MR) is 104 cm³/mol. The minimum Gasteiger partial charge on any atom is -0.462 e. The molecule has 2 heterocycles. The molecule has 0 aliphatic heterocycles. The van der Waals surface area contributed by atoms with Gasteiger partial charge in [-0.25, -0.2) is 9.18 Å². The average Bonchev–Trinajstić information content (AvgIpc) is 2.97. The predicted octanol–water partition coefficient (Wildman–Crippen LogP) is 4.22. The van der Waals surface area contributed by atoms with Gasteiger partial charge in [0.2, 0.25) is 5.88 Å². The number of Topliss-reactive ketones (excluding diaryl/α,β-unsaturated/α-hetero) is 1. The van der Waals surface area contributed by atoms with Crippen LogP contribution in [0.5, 0.6) is 0 Å². The van der Waals surface area contributed by atoms with E-state index >= 15 is 0 Å². The molecule has 2 aromatic heterocycles. The molecule has 0 atom stereocenters. The second kappa shape index (κ2) is 7.83. The molecule has 0 radical (unpaired) electrons. The van der Waals surface area contributed by atoms with E-state index in [0.29, 0.717) is 16.6 Å². The molecular formula is C21H19FN2O5. The van der Waals surface area contributed by atoms with Crippen LogP contribution >= 0.6 is 0 Å². The van der Waals surface area contributed by atoms with Gasteiger partial charge in [-0.15, -0.1) is 0 Å². The molecule has 7 nitrogen and oxygen atoms in total. The summed E-state index contributed by atoms with van der Waals surface area (Å²) in [6.45, 7) is 6.21. The Kier molecular flexibility index (Phi) is 5.45. The van der Waals surface area contributed by atoms with Gasteiger partial charge in [0.15, 0.2) is 5.78 Å². The van der Waals surface area contributed by atoms with E-state index in [9.17, 15) is 18.8 Å². The van der Waals surface area contributed by atoms with Gasteiger partial charge < -0.3 is 9.15 Å². The summed E-state index contributed by atoms with van der Waals surface area (Å²) in [4.78, 5) is 41.6. The number of benzene rings is 1. The van der Waals surface area contributed by atoms with Gasteiger partial charge >= 0.3 is 5.97 Å². The van der Waals surface area contributed by atoms with Crippen molar-refractivity contribution in [2.75, 3.05) is 11.9 Å². The molecule has 0 bridgehead atoms. The lowest BCUT2D eigenvalue weighted by molar-refractivity contribution is 0.0524. The average molecular weight is 398 g/mol. The molecule has 150 valence electrons. The lowest BCUT2D eigenvalue weighted by Gasteiger charge is -2.09. The van der Waals surface area contributed by atoms with Crippen molar-refractivity contribution >= 4 is 34.4 Å². The molecule has 0 saturated carbocycles. The maximum absolute atomic E-state index is 13.7. The minimum atomic E-state index is -0.785. The molecular weight excluding hydrogens is 379 g/mol. The van der Waals surface area contributed by atoms with Gasteiger partial charge in [-0.1, -0.05) is 0 Å². The molecule has 0 aliphatic carbocycles. The first-order chi connectivity index (χ1) is 13.7. The van der Waals surface area contributed by atoms with E-state index < -0.39 is 23.5 Å². The number of carbonyl (C=O) groups is 3. The van der Waals surface area contributed by atoms with Crippen molar-refractivity contribution in [1.82, 2.24) is 4.98 Å². The van der Waals surface area contributed by atoms with Crippen LogP contribution in [0.25, 0.3) is 10.9 Å². The lowest BCUT2D eigenvalue weighted by Crippen LogP contribution is -2.17. The summed E-state index contributed by atoms with van der Waals surface area (Å²) < 4.78 is 24.2. The fourth-order valence-corrected chi connectivity index (χ4v) is 3.14. The number of esters is 1. The summed E-state index contributed by atoms with van der Waals surface area (Å²) in [7, 11) is 0. The van der Waals surface area contributed by atoms with Crippen molar-refractivity contribution in [1.29, 1.82) is 0 Å². The van der Waals surface area contributed by atoms with Crippen molar-refractivity contribution in [3.63, 3.8) is 0 Å². The minimum absolute atomic E-state index is 0.0422. The van der Waals surface area contributed by atoms with Gasteiger partial charge in [0.1, 0.15) is 17.1 Å². The maximum atomic E-state index is 13.7. The van der Waals surface area contributed by atoms with E-state index in [1.54, 1.807) is 13.8 Å². The van der Waals surface area contributed by atoms with Crippen molar-refractivity contribution in [2.24, 2.45) is 0 Å². The number of hydrogen-bond acceptors (Lipinski definition) is 6. The summed E-state index contributed by atoms with van der Waals surface area (Å²) in [5, 5.41) is 2.82. The zero-order chi connectivity index (χ0) is 21.3. The lowest BCUT2D eigenvalue weighted by atomic mass is 10.1. The molecule has 8 heteroatoms. The molecule has 29 heavy (non-hydrogen) atoms. The number of aryl methyl sites for hydroxylation is 2. The molecule has 0 fully saturated rings. The molecule has 3 aromatic rings. The number of fused-ring (bicyclic) bond motifs is 1. The number of rotatable bonds is 5. The molecule has 0 saturated heterocycles. The molecule has 1 aromatic carbocycles. The smallest absolute Gasteiger partial charge is 0.344 e. The standard InChI is InChI=1S/C21H19FN2O5/c1-5-28-21(27)18-17(11(3)25)12(4)29-20(18)24-19(26)15-8-10(2)23-16-7-6-13(22)9-14(15)16/h6-9H,5H2,1-4H3,(H,24,26). The summed E-state index contributed by atoms with van der Waals surface area (Å²) in [5.41, 5.74) is 1.05. The van der Waals surface area contributed by atoms with E-state index in [2.05, 4.69) is 10.3 Å². The van der Waals surface area contributed by atoms with Gasteiger partial charge in [0, 0.05) is 11.1 Å². The highest BCUT2D eigenvalue weighted by Crippen LogP contribution is 2.30. The molecule has 3 rings (SSSR count). The highest BCUT2D eigenvalue weighted by molar-refractivity contribution is 6.15. The quantitative estimate of drug-likeness (QED) is 0.510. The van der Waals surface area contributed by atoms with Crippen molar-refractivity contribution in [3.8, 4) is 0 Å². The Labute approximate surface area is 165 Å². The van der Waals surface area contributed by atoms with E-state index in [1.165, 1.54) is 38.1 Å². The molecule has 1 N–H and O–H groups in total. The molecule has 0 spiro atoms. The first kappa shape index (κ1) is 20.2. The highest BCUT2D eigenvalue weighted by Gasteiger charge is 2.29. The molecule has 0 unspecified atom stereocenters. The Hall–Kier alpha value is -3.55. The maximum Gasteiger partial charge on any atom is 0.344 e. The van der Waals surface area contributed by atoms with Crippen molar-refractivity contribution in [3.05, 3.63) is 58.2 Å². The van der Waals surface area contributed by atoms with Crippen LogP contribution in [-0.2, 0) is 4.74 Å². The topological polar surface area (TPSA) is 98.5 Å². The summed E-state index contributed by atoms with van der Waals surface area (Å²) >= 11 is 0. The number of pyridine rings is 1.